The molecule has 0 spiro atoms. The summed E-state index contributed by atoms with van der Waals surface area (Å²) >= 11 is 11.9. The molecule has 2 rings (SSSR count). The Morgan fingerprint density at radius 3 is 2.26 bits per heavy atom. The van der Waals surface area contributed by atoms with Crippen LogP contribution in [0.25, 0.3) is 0 Å². The molecule has 2 aromatic rings. The molecule has 0 aliphatic rings. The number of benzene rings is 2. The highest BCUT2D eigenvalue weighted by molar-refractivity contribution is 7.92. The number of ether oxygens (including phenoxy) is 1. The van der Waals surface area contributed by atoms with Crippen molar-refractivity contribution in [2.75, 3.05) is 4.72 Å². The molecule has 0 heterocycles. The molecule has 1 atom stereocenters. The minimum Gasteiger partial charge on any atom is -0.481 e. The van der Waals surface area contributed by atoms with Gasteiger partial charge in [-0.25, -0.2) is 8.42 Å². The van der Waals surface area contributed by atoms with Crippen LogP contribution >= 0.6 is 23.2 Å². The first-order valence-electron chi connectivity index (χ1n) is 8.13. The molecule has 0 bridgehead atoms. The Morgan fingerprint density at radius 2 is 1.67 bits per heavy atom. The fourth-order valence-electron chi connectivity index (χ4n) is 2.14. The van der Waals surface area contributed by atoms with Gasteiger partial charge in [0, 0.05) is 11.1 Å². The summed E-state index contributed by atoms with van der Waals surface area (Å²) in [6.07, 6.45) is -0.710. The van der Waals surface area contributed by atoms with Crippen molar-refractivity contribution in [1.82, 2.24) is 5.32 Å². The van der Waals surface area contributed by atoms with Crippen LogP contribution in [0, 0.1) is 0 Å². The Bertz CT molecular complexity index is 915. The van der Waals surface area contributed by atoms with Crippen LogP contribution in [0.1, 0.15) is 20.8 Å². The SMILES string of the molecule is CC(C)NC(=O)[C@H](C)Oc1ccc(S(=O)(=O)Nc2cc(Cl)ccc2Cl)cc1. The quantitative estimate of drug-likeness (QED) is 0.692. The predicted molar refractivity (Wildman–Crippen MR) is 107 cm³/mol. The van der Waals surface area contributed by atoms with E-state index in [0.29, 0.717) is 10.8 Å². The van der Waals surface area contributed by atoms with Crippen LogP contribution in [-0.2, 0) is 14.8 Å². The molecule has 2 N–H and O–H groups in total. The molecule has 0 radical (unpaired) electrons. The summed E-state index contributed by atoms with van der Waals surface area (Å²) in [5.41, 5.74) is 0.184. The minimum atomic E-state index is -3.86. The van der Waals surface area contributed by atoms with E-state index in [2.05, 4.69) is 10.0 Å². The number of hydrogen-bond acceptors (Lipinski definition) is 4. The molecule has 0 fully saturated rings. The van der Waals surface area contributed by atoms with Gasteiger partial charge in [-0.2, -0.15) is 0 Å². The van der Waals surface area contributed by atoms with Crippen molar-refractivity contribution in [3.05, 3.63) is 52.5 Å². The third-order valence-corrected chi connectivity index (χ3v) is 5.37. The summed E-state index contributed by atoms with van der Waals surface area (Å²) in [7, 11) is -3.86. The number of halogens is 2. The first-order valence-corrected chi connectivity index (χ1v) is 10.4. The molecule has 2 aromatic carbocycles. The molecular weight excluding hydrogens is 411 g/mol. The van der Waals surface area contributed by atoms with Crippen LogP contribution in [-0.4, -0.2) is 26.5 Å². The van der Waals surface area contributed by atoms with Crippen molar-refractivity contribution in [3.63, 3.8) is 0 Å². The van der Waals surface area contributed by atoms with Gasteiger partial charge in [0.1, 0.15) is 5.75 Å². The molecule has 9 heteroatoms. The van der Waals surface area contributed by atoms with E-state index < -0.39 is 16.1 Å². The second-order valence-corrected chi connectivity index (χ2v) is 8.65. The lowest BCUT2D eigenvalue weighted by molar-refractivity contribution is -0.127. The van der Waals surface area contributed by atoms with E-state index >= 15 is 0 Å². The van der Waals surface area contributed by atoms with Crippen LogP contribution in [0.2, 0.25) is 10.0 Å². The maximum atomic E-state index is 12.5. The van der Waals surface area contributed by atoms with Crippen LogP contribution in [0.5, 0.6) is 5.75 Å². The van der Waals surface area contributed by atoms with Gasteiger partial charge in [0.25, 0.3) is 15.9 Å². The van der Waals surface area contributed by atoms with Crippen LogP contribution in [0.3, 0.4) is 0 Å². The summed E-state index contributed by atoms with van der Waals surface area (Å²) in [5, 5.41) is 3.33. The Labute approximate surface area is 168 Å². The second-order valence-electron chi connectivity index (χ2n) is 6.12. The zero-order valence-electron chi connectivity index (χ0n) is 15.0. The van der Waals surface area contributed by atoms with Gasteiger partial charge < -0.3 is 10.1 Å². The number of sulfonamides is 1. The first kappa shape index (κ1) is 21.3. The highest BCUT2D eigenvalue weighted by Crippen LogP contribution is 2.28. The van der Waals surface area contributed by atoms with Gasteiger partial charge in [0.05, 0.1) is 15.6 Å². The Kier molecular flexibility index (Phi) is 6.97. The number of nitrogens with one attached hydrogen (secondary N) is 2. The highest BCUT2D eigenvalue weighted by Gasteiger charge is 2.18. The van der Waals surface area contributed by atoms with Gasteiger partial charge >= 0.3 is 0 Å². The molecule has 0 aliphatic heterocycles. The smallest absolute Gasteiger partial charge is 0.261 e. The van der Waals surface area contributed by atoms with E-state index in [1.165, 1.54) is 36.4 Å². The van der Waals surface area contributed by atoms with Crippen molar-refractivity contribution in [2.24, 2.45) is 0 Å². The predicted octanol–water partition coefficient (Wildman–Crippen LogP) is 4.09. The molecule has 0 saturated carbocycles. The third kappa shape index (κ3) is 6.02. The van der Waals surface area contributed by atoms with Gasteiger partial charge in [-0.1, -0.05) is 23.2 Å². The summed E-state index contributed by atoms with van der Waals surface area (Å²) in [5.74, 6) is 0.125. The van der Waals surface area contributed by atoms with Gasteiger partial charge in [0.15, 0.2) is 6.10 Å². The topological polar surface area (TPSA) is 84.5 Å². The van der Waals surface area contributed by atoms with Crippen molar-refractivity contribution >= 4 is 44.8 Å². The zero-order valence-corrected chi connectivity index (χ0v) is 17.3. The number of rotatable bonds is 7. The van der Waals surface area contributed by atoms with Crippen LogP contribution in [0.4, 0.5) is 5.69 Å². The minimum absolute atomic E-state index is 0.000423. The molecular formula is C18H20Cl2N2O4S. The molecule has 0 saturated heterocycles. The maximum Gasteiger partial charge on any atom is 0.261 e. The number of hydrogen-bond donors (Lipinski definition) is 2. The van der Waals surface area contributed by atoms with E-state index in [1.807, 2.05) is 13.8 Å². The molecule has 1 amide bonds. The first-order chi connectivity index (χ1) is 12.6. The molecule has 6 nitrogen and oxygen atoms in total. The van der Waals surface area contributed by atoms with Crippen LogP contribution in [0.15, 0.2) is 47.4 Å². The van der Waals surface area contributed by atoms with E-state index in [4.69, 9.17) is 27.9 Å². The fraction of sp³-hybridized carbons (Fsp3) is 0.278. The van der Waals surface area contributed by atoms with Gasteiger partial charge in [-0.3, -0.25) is 9.52 Å². The van der Waals surface area contributed by atoms with Crippen molar-refractivity contribution in [1.29, 1.82) is 0 Å². The Morgan fingerprint density at radius 1 is 1.04 bits per heavy atom. The summed E-state index contributed by atoms with van der Waals surface area (Å²) in [4.78, 5) is 11.9. The molecule has 27 heavy (non-hydrogen) atoms. The van der Waals surface area contributed by atoms with E-state index in [1.54, 1.807) is 13.0 Å². The van der Waals surface area contributed by atoms with Gasteiger partial charge in [-0.15, -0.1) is 0 Å². The van der Waals surface area contributed by atoms with Gasteiger partial charge in [0.2, 0.25) is 0 Å². The van der Waals surface area contributed by atoms with Gasteiger partial charge in [-0.05, 0) is 63.2 Å². The number of amides is 1. The fourth-order valence-corrected chi connectivity index (χ4v) is 3.60. The summed E-state index contributed by atoms with van der Waals surface area (Å²) < 4.78 is 32.9. The normalized spacial score (nSPS) is 12.5. The lowest BCUT2D eigenvalue weighted by atomic mass is 10.3. The summed E-state index contributed by atoms with van der Waals surface area (Å²) in [6, 6.07) is 10.2. The van der Waals surface area contributed by atoms with Crippen molar-refractivity contribution in [3.8, 4) is 5.75 Å². The monoisotopic (exact) mass is 430 g/mol. The lowest BCUT2D eigenvalue weighted by Crippen LogP contribution is -2.40. The van der Waals surface area contributed by atoms with Crippen LogP contribution < -0.4 is 14.8 Å². The lowest BCUT2D eigenvalue weighted by Gasteiger charge is -2.16. The molecule has 0 aromatic heterocycles. The van der Waals surface area contributed by atoms with E-state index in [-0.39, 0.29) is 27.6 Å². The third-order valence-electron chi connectivity index (χ3n) is 3.42. The molecule has 146 valence electrons. The average molecular weight is 431 g/mol. The number of anilines is 1. The Balaban J connectivity index is 2.11. The largest absolute Gasteiger partial charge is 0.481 e. The zero-order chi connectivity index (χ0) is 20.2. The number of carbonyl (C=O) groups is 1. The average Bonchev–Trinajstić information content (AvgIpc) is 2.57. The van der Waals surface area contributed by atoms with Crippen molar-refractivity contribution < 1.29 is 17.9 Å². The van der Waals surface area contributed by atoms with E-state index in [0.717, 1.165) is 0 Å². The molecule has 0 aliphatic carbocycles. The maximum absolute atomic E-state index is 12.5. The van der Waals surface area contributed by atoms with E-state index in [9.17, 15) is 13.2 Å². The highest BCUT2D eigenvalue weighted by atomic mass is 35.5. The van der Waals surface area contributed by atoms with Crippen molar-refractivity contribution in [2.45, 2.75) is 37.8 Å². The standard InChI is InChI=1S/C18H20Cl2N2O4S/c1-11(2)21-18(23)12(3)26-14-5-7-15(8-6-14)27(24,25)22-17-10-13(19)4-9-16(17)20/h4-12,22H,1-3H3,(H,21,23)/t12-/m0/s1. The second kappa shape index (κ2) is 8.82. The number of carbonyl (C=O) groups excluding carboxylic acids is 1. The Hall–Kier alpha value is -1.96. The molecule has 0 unspecified atom stereocenters. The summed E-state index contributed by atoms with van der Waals surface area (Å²) in [6.45, 7) is 5.32.